The van der Waals surface area contributed by atoms with Gasteiger partial charge in [-0.2, -0.15) is 12.6 Å². The van der Waals surface area contributed by atoms with Crippen molar-refractivity contribution in [3.63, 3.8) is 0 Å². The van der Waals surface area contributed by atoms with Gasteiger partial charge in [0.05, 0.1) is 0 Å². The number of carbonyl (C=O) groups is 1. The molecule has 0 aliphatic carbocycles. The van der Waals surface area contributed by atoms with Crippen LogP contribution in [0.4, 0.5) is 4.39 Å². The Morgan fingerprint density at radius 2 is 2.19 bits per heavy atom. The van der Waals surface area contributed by atoms with E-state index in [9.17, 15) is 9.18 Å². The molecule has 0 bridgehead atoms. The minimum absolute atomic E-state index is 0.00687. The maximum Gasteiger partial charge on any atom is 0.219 e. The number of hydrogen-bond donors (Lipinski definition) is 2. The summed E-state index contributed by atoms with van der Waals surface area (Å²) in [6.45, 7) is 2.25. The molecule has 1 atom stereocenters. The molecule has 0 heterocycles. The molecule has 0 saturated carbocycles. The molecule has 16 heavy (non-hydrogen) atoms. The lowest BCUT2D eigenvalue weighted by Gasteiger charge is -2.12. The zero-order valence-electron chi connectivity index (χ0n) is 9.24. The molecule has 88 valence electrons. The number of rotatable bonds is 5. The minimum atomic E-state index is -0.219. The van der Waals surface area contributed by atoms with E-state index in [-0.39, 0.29) is 17.0 Å². The van der Waals surface area contributed by atoms with Crippen LogP contribution in [-0.4, -0.2) is 17.7 Å². The molecule has 0 spiro atoms. The van der Waals surface area contributed by atoms with E-state index in [2.05, 4.69) is 17.9 Å². The Morgan fingerprint density at radius 3 is 2.81 bits per heavy atom. The molecule has 0 fully saturated rings. The van der Waals surface area contributed by atoms with Gasteiger partial charge >= 0.3 is 0 Å². The van der Waals surface area contributed by atoms with E-state index < -0.39 is 0 Å². The number of nitrogens with one attached hydrogen (secondary N) is 1. The molecule has 0 aliphatic heterocycles. The third kappa shape index (κ3) is 4.23. The third-order valence-corrected chi connectivity index (χ3v) is 2.63. The van der Waals surface area contributed by atoms with Crippen LogP contribution in [0.25, 0.3) is 0 Å². The first-order chi connectivity index (χ1) is 7.63. The first-order valence-electron chi connectivity index (χ1n) is 5.31. The van der Waals surface area contributed by atoms with Gasteiger partial charge in [-0.25, -0.2) is 4.39 Å². The van der Waals surface area contributed by atoms with Crippen molar-refractivity contribution < 1.29 is 9.18 Å². The van der Waals surface area contributed by atoms with Gasteiger partial charge in [-0.05, 0) is 18.1 Å². The standard InChI is InChI=1S/C12H16FNOS/c1-2-12(15)14-8-10(16)7-9-5-3-4-6-11(9)13/h3-6,10,16H,2,7-8H2,1H3,(H,14,15)/t10-/m1/s1. The van der Waals surface area contributed by atoms with Crippen LogP contribution >= 0.6 is 12.6 Å². The van der Waals surface area contributed by atoms with Crippen LogP contribution < -0.4 is 5.32 Å². The number of hydrogen-bond acceptors (Lipinski definition) is 2. The number of thiol groups is 1. The van der Waals surface area contributed by atoms with Crippen LogP contribution in [0.3, 0.4) is 0 Å². The predicted octanol–water partition coefficient (Wildman–Crippen LogP) is 2.19. The molecule has 0 radical (unpaired) electrons. The van der Waals surface area contributed by atoms with Crippen LogP contribution in [0.5, 0.6) is 0 Å². The fourth-order valence-corrected chi connectivity index (χ4v) is 1.63. The van der Waals surface area contributed by atoms with E-state index >= 15 is 0 Å². The molecule has 1 rings (SSSR count). The number of carbonyl (C=O) groups excluding carboxylic acids is 1. The van der Waals surface area contributed by atoms with Crippen LogP contribution in [0.15, 0.2) is 24.3 Å². The molecule has 2 nitrogen and oxygen atoms in total. The smallest absolute Gasteiger partial charge is 0.219 e. The first kappa shape index (κ1) is 13.0. The molecule has 0 unspecified atom stereocenters. The molecule has 1 aromatic rings. The van der Waals surface area contributed by atoms with E-state index in [0.29, 0.717) is 24.9 Å². The molecule has 0 aliphatic rings. The highest BCUT2D eigenvalue weighted by atomic mass is 32.1. The van der Waals surface area contributed by atoms with E-state index in [0.717, 1.165) is 0 Å². The van der Waals surface area contributed by atoms with Crippen molar-refractivity contribution in [2.45, 2.75) is 25.0 Å². The summed E-state index contributed by atoms with van der Waals surface area (Å²) in [7, 11) is 0. The van der Waals surface area contributed by atoms with Crippen molar-refractivity contribution in [1.29, 1.82) is 0 Å². The van der Waals surface area contributed by atoms with Crippen LogP contribution in [0.2, 0.25) is 0 Å². The van der Waals surface area contributed by atoms with Crippen LogP contribution in [0, 0.1) is 5.82 Å². The zero-order chi connectivity index (χ0) is 12.0. The lowest BCUT2D eigenvalue weighted by atomic mass is 10.1. The van der Waals surface area contributed by atoms with Gasteiger partial charge in [0.2, 0.25) is 5.91 Å². The normalized spacial score (nSPS) is 12.2. The highest BCUT2D eigenvalue weighted by Crippen LogP contribution is 2.11. The van der Waals surface area contributed by atoms with Crippen molar-refractivity contribution in [3.05, 3.63) is 35.6 Å². The average Bonchev–Trinajstić information content (AvgIpc) is 2.29. The van der Waals surface area contributed by atoms with Gasteiger partial charge in [0.15, 0.2) is 0 Å². The molecule has 4 heteroatoms. The summed E-state index contributed by atoms with van der Waals surface area (Å²) < 4.78 is 13.3. The Hall–Kier alpha value is -1.03. The van der Waals surface area contributed by atoms with E-state index in [1.807, 2.05) is 0 Å². The zero-order valence-corrected chi connectivity index (χ0v) is 10.1. The second-order valence-corrected chi connectivity index (χ2v) is 4.34. The summed E-state index contributed by atoms with van der Waals surface area (Å²) in [5.74, 6) is -0.226. The van der Waals surface area contributed by atoms with Gasteiger partial charge in [0.25, 0.3) is 0 Å². The molecular formula is C12H16FNOS. The summed E-state index contributed by atoms with van der Waals surface area (Å²) in [5, 5.41) is 2.67. The predicted molar refractivity (Wildman–Crippen MR) is 66.2 cm³/mol. The Morgan fingerprint density at radius 1 is 1.50 bits per heavy atom. The molecular weight excluding hydrogens is 225 g/mol. The van der Waals surface area contributed by atoms with Crippen molar-refractivity contribution in [1.82, 2.24) is 5.32 Å². The fourth-order valence-electron chi connectivity index (χ4n) is 1.35. The van der Waals surface area contributed by atoms with Crippen molar-refractivity contribution in [2.24, 2.45) is 0 Å². The second-order valence-electron chi connectivity index (χ2n) is 3.61. The SMILES string of the molecule is CCC(=O)NC[C@H](S)Cc1ccccc1F. The fraction of sp³-hybridized carbons (Fsp3) is 0.417. The van der Waals surface area contributed by atoms with Gasteiger partial charge in [-0.15, -0.1) is 0 Å². The van der Waals surface area contributed by atoms with Crippen molar-refractivity contribution in [3.8, 4) is 0 Å². The summed E-state index contributed by atoms with van der Waals surface area (Å²) in [5.41, 5.74) is 0.633. The van der Waals surface area contributed by atoms with Gasteiger partial charge in [-0.1, -0.05) is 25.1 Å². The van der Waals surface area contributed by atoms with Crippen LogP contribution in [-0.2, 0) is 11.2 Å². The number of amides is 1. The number of halogens is 1. The van der Waals surface area contributed by atoms with E-state index in [1.54, 1.807) is 25.1 Å². The lowest BCUT2D eigenvalue weighted by Crippen LogP contribution is -2.30. The Labute approximate surface area is 101 Å². The van der Waals surface area contributed by atoms with Crippen LogP contribution in [0.1, 0.15) is 18.9 Å². The van der Waals surface area contributed by atoms with Gasteiger partial charge in [0, 0.05) is 18.2 Å². The van der Waals surface area contributed by atoms with Crippen molar-refractivity contribution in [2.75, 3.05) is 6.54 Å². The molecule has 0 saturated heterocycles. The highest BCUT2D eigenvalue weighted by molar-refractivity contribution is 7.81. The molecule has 1 aromatic carbocycles. The summed E-state index contributed by atoms with van der Waals surface area (Å²) >= 11 is 4.32. The Bertz CT molecular complexity index is 357. The third-order valence-electron chi connectivity index (χ3n) is 2.27. The van der Waals surface area contributed by atoms with Crippen molar-refractivity contribution >= 4 is 18.5 Å². The highest BCUT2D eigenvalue weighted by Gasteiger charge is 2.08. The molecule has 1 N–H and O–H groups in total. The topological polar surface area (TPSA) is 29.1 Å². The van der Waals surface area contributed by atoms with E-state index in [1.165, 1.54) is 6.07 Å². The van der Waals surface area contributed by atoms with Gasteiger partial charge in [0.1, 0.15) is 5.82 Å². The second kappa shape index (κ2) is 6.53. The first-order valence-corrected chi connectivity index (χ1v) is 5.83. The van der Waals surface area contributed by atoms with Gasteiger partial charge in [-0.3, -0.25) is 4.79 Å². The largest absolute Gasteiger partial charge is 0.355 e. The van der Waals surface area contributed by atoms with E-state index in [4.69, 9.17) is 0 Å². The Kier molecular flexibility index (Phi) is 5.32. The maximum atomic E-state index is 13.3. The average molecular weight is 241 g/mol. The molecule has 1 amide bonds. The monoisotopic (exact) mass is 241 g/mol. The number of benzene rings is 1. The quantitative estimate of drug-likeness (QED) is 0.760. The summed E-state index contributed by atoms with van der Waals surface area (Å²) in [6, 6.07) is 6.62. The van der Waals surface area contributed by atoms with Gasteiger partial charge < -0.3 is 5.32 Å². The summed E-state index contributed by atoms with van der Waals surface area (Å²) in [4.78, 5) is 11.0. The lowest BCUT2D eigenvalue weighted by molar-refractivity contribution is -0.120. The minimum Gasteiger partial charge on any atom is -0.355 e. The Balaban J connectivity index is 2.43. The molecule has 0 aromatic heterocycles. The maximum absolute atomic E-state index is 13.3. The summed E-state index contributed by atoms with van der Waals surface area (Å²) in [6.07, 6.45) is 0.972.